The van der Waals surface area contributed by atoms with Crippen molar-refractivity contribution in [1.29, 1.82) is 0 Å². The maximum atomic E-state index is 5.05. The molecule has 0 aliphatic rings. The Hall–Kier alpha value is -1.00. The molecule has 1 aromatic rings. The van der Waals surface area contributed by atoms with Crippen LogP contribution in [0.1, 0.15) is 31.4 Å². The van der Waals surface area contributed by atoms with Gasteiger partial charge in [0, 0.05) is 26.0 Å². The van der Waals surface area contributed by atoms with Gasteiger partial charge in [-0.1, -0.05) is 6.92 Å². The highest BCUT2D eigenvalue weighted by molar-refractivity contribution is 5.11. The number of aromatic nitrogens is 2. The van der Waals surface area contributed by atoms with Crippen LogP contribution < -0.4 is 5.32 Å². The van der Waals surface area contributed by atoms with Gasteiger partial charge in [-0.05, 0) is 31.0 Å². The van der Waals surface area contributed by atoms with Crippen molar-refractivity contribution in [1.82, 2.24) is 15.5 Å². The molecule has 0 radical (unpaired) electrons. The lowest BCUT2D eigenvalue weighted by Crippen LogP contribution is -2.21. The van der Waals surface area contributed by atoms with Crippen LogP contribution in [0.4, 0.5) is 0 Å². The number of rotatable bonds is 7. The first kappa shape index (κ1) is 12.1. The molecule has 15 heavy (non-hydrogen) atoms. The lowest BCUT2D eigenvalue weighted by Gasteiger charge is -2.17. The summed E-state index contributed by atoms with van der Waals surface area (Å²) in [7, 11) is 1.73. The quantitative estimate of drug-likeness (QED) is 0.692. The van der Waals surface area contributed by atoms with Crippen LogP contribution in [0.15, 0.2) is 18.5 Å². The molecule has 4 heteroatoms. The van der Waals surface area contributed by atoms with Crippen molar-refractivity contribution < 1.29 is 4.74 Å². The van der Waals surface area contributed by atoms with Crippen LogP contribution in [0.5, 0.6) is 0 Å². The van der Waals surface area contributed by atoms with E-state index in [9.17, 15) is 0 Å². The van der Waals surface area contributed by atoms with Crippen LogP contribution in [-0.2, 0) is 4.74 Å². The van der Waals surface area contributed by atoms with Crippen molar-refractivity contribution >= 4 is 0 Å². The summed E-state index contributed by atoms with van der Waals surface area (Å²) in [5, 5.41) is 11.1. The van der Waals surface area contributed by atoms with Gasteiger partial charge >= 0.3 is 0 Å². The average Bonchev–Trinajstić information content (AvgIpc) is 2.29. The van der Waals surface area contributed by atoms with Crippen molar-refractivity contribution in [2.75, 3.05) is 20.3 Å². The summed E-state index contributed by atoms with van der Waals surface area (Å²) in [6, 6.07) is 2.37. The van der Waals surface area contributed by atoms with E-state index in [1.807, 2.05) is 12.3 Å². The van der Waals surface area contributed by atoms with Gasteiger partial charge in [0.2, 0.25) is 0 Å². The van der Waals surface area contributed by atoms with Crippen LogP contribution in [0.25, 0.3) is 0 Å². The third-order valence-electron chi connectivity index (χ3n) is 2.30. The zero-order valence-electron chi connectivity index (χ0n) is 9.44. The highest BCUT2D eigenvalue weighted by Crippen LogP contribution is 2.16. The molecule has 0 amide bonds. The molecule has 4 nitrogen and oxygen atoms in total. The number of hydrogen-bond donors (Lipinski definition) is 1. The first-order valence-electron chi connectivity index (χ1n) is 5.37. The molecule has 0 spiro atoms. The van der Waals surface area contributed by atoms with Gasteiger partial charge in [-0.3, -0.25) is 0 Å². The minimum atomic E-state index is 0.362. The maximum absolute atomic E-state index is 5.05. The summed E-state index contributed by atoms with van der Waals surface area (Å²) >= 11 is 0. The number of nitrogens with zero attached hydrogens (tertiary/aromatic N) is 2. The van der Waals surface area contributed by atoms with E-state index in [0.29, 0.717) is 6.04 Å². The lowest BCUT2D eigenvalue weighted by atomic mass is 10.0. The fourth-order valence-corrected chi connectivity index (χ4v) is 1.57. The molecule has 0 aromatic carbocycles. The van der Waals surface area contributed by atoms with Crippen LogP contribution >= 0.6 is 0 Å². The van der Waals surface area contributed by atoms with Crippen LogP contribution in [0, 0.1) is 0 Å². The monoisotopic (exact) mass is 209 g/mol. The zero-order valence-corrected chi connectivity index (χ0v) is 9.44. The molecular formula is C11H19N3O. The van der Waals surface area contributed by atoms with E-state index in [4.69, 9.17) is 4.74 Å². The van der Waals surface area contributed by atoms with Crippen LogP contribution in [-0.4, -0.2) is 30.5 Å². The molecule has 1 aromatic heterocycles. The van der Waals surface area contributed by atoms with Gasteiger partial charge in [0.05, 0.1) is 6.20 Å². The van der Waals surface area contributed by atoms with Gasteiger partial charge in [0.15, 0.2) is 0 Å². The van der Waals surface area contributed by atoms with Crippen molar-refractivity contribution in [3.63, 3.8) is 0 Å². The third kappa shape index (κ3) is 4.36. The standard InChI is InChI=1S/C11H19N3O/c1-3-12-11(5-4-8-15-2)10-6-7-13-14-9-10/h6-7,9,11-12H,3-5,8H2,1-2H3. The Morgan fingerprint density at radius 2 is 2.33 bits per heavy atom. The molecule has 1 rings (SSSR count). The van der Waals surface area contributed by atoms with E-state index in [-0.39, 0.29) is 0 Å². The van der Waals surface area contributed by atoms with E-state index in [0.717, 1.165) is 26.0 Å². The average molecular weight is 209 g/mol. The summed E-state index contributed by atoms with van der Waals surface area (Å²) in [5.74, 6) is 0. The Kier molecular flexibility index (Phi) is 5.88. The second kappa shape index (κ2) is 7.31. The molecular weight excluding hydrogens is 190 g/mol. The highest BCUT2D eigenvalue weighted by Gasteiger charge is 2.09. The second-order valence-electron chi connectivity index (χ2n) is 3.42. The molecule has 84 valence electrons. The van der Waals surface area contributed by atoms with Crippen molar-refractivity contribution in [2.24, 2.45) is 0 Å². The zero-order chi connectivity index (χ0) is 10.9. The van der Waals surface area contributed by atoms with Gasteiger partial charge in [-0.2, -0.15) is 10.2 Å². The molecule has 0 bridgehead atoms. The Morgan fingerprint density at radius 3 is 2.93 bits per heavy atom. The lowest BCUT2D eigenvalue weighted by molar-refractivity contribution is 0.189. The Labute approximate surface area is 91.1 Å². The molecule has 1 atom stereocenters. The van der Waals surface area contributed by atoms with E-state index in [2.05, 4.69) is 22.4 Å². The SMILES string of the molecule is CCNC(CCCOC)c1ccnnc1. The molecule has 1 unspecified atom stereocenters. The maximum Gasteiger partial charge on any atom is 0.0544 e. The summed E-state index contributed by atoms with van der Waals surface area (Å²) in [6.07, 6.45) is 5.67. The summed E-state index contributed by atoms with van der Waals surface area (Å²) < 4.78 is 5.05. The first-order chi connectivity index (χ1) is 7.38. The van der Waals surface area contributed by atoms with Gasteiger partial charge in [0.1, 0.15) is 0 Å². The number of methoxy groups -OCH3 is 1. The fraction of sp³-hybridized carbons (Fsp3) is 0.636. The first-order valence-corrected chi connectivity index (χ1v) is 5.37. The van der Waals surface area contributed by atoms with Gasteiger partial charge in [0.25, 0.3) is 0 Å². The Bertz CT molecular complexity index is 253. The Balaban J connectivity index is 2.50. The number of nitrogens with one attached hydrogen (secondary N) is 1. The topological polar surface area (TPSA) is 47.0 Å². The van der Waals surface area contributed by atoms with Gasteiger partial charge in [-0.25, -0.2) is 0 Å². The Morgan fingerprint density at radius 1 is 1.47 bits per heavy atom. The third-order valence-corrected chi connectivity index (χ3v) is 2.30. The van der Waals surface area contributed by atoms with Gasteiger partial charge < -0.3 is 10.1 Å². The van der Waals surface area contributed by atoms with Crippen molar-refractivity contribution in [3.05, 3.63) is 24.0 Å². The van der Waals surface area contributed by atoms with Crippen molar-refractivity contribution in [2.45, 2.75) is 25.8 Å². The minimum absolute atomic E-state index is 0.362. The van der Waals surface area contributed by atoms with Crippen LogP contribution in [0.3, 0.4) is 0 Å². The predicted molar refractivity (Wildman–Crippen MR) is 59.6 cm³/mol. The molecule has 0 saturated heterocycles. The normalized spacial score (nSPS) is 12.7. The smallest absolute Gasteiger partial charge is 0.0544 e. The van der Waals surface area contributed by atoms with E-state index < -0.39 is 0 Å². The second-order valence-corrected chi connectivity index (χ2v) is 3.42. The summed E-state index contributed by atoms with van der Waals surface area (Å²) in [6.45, 7) is 3.87. The molecule has 0 saturated carbocycles. The molecule has 1 heterocycles. The summed E-state index contributed by atoms with van der Waals surface area (Å²) in [5.41, 5.74) is 1.20. The molecule has 1 N–H and O–H groups in total. The predicted octanol–water partition coefficient (Wildman–Crippen LogP) is 1.55. The molecule has 0 fully saturated rings. The van der Waals surface area contributed by atoms with E-state index in [1.54, 1.807) is 13.3 Å². The highest BCUT2D eigenvalue weighted by atomic mass is 16.5. The molecule has 0 aliphatic carbocycles. The van der Waals surface area contributed by atoms with Crippen LogP contribution in [0.2, 0.25) is 0 Å². The van der Waals surface area contributed by atoms with E-state index >= 15 is 0 Å². The summed E-state index contributed by atoms with van der Waals surface area (Å²) in [4.78, 5) is 0. The minimum Gasteiger partial charge on any atom is -0.385 e. The number of ether oxygens (including phenoxy) is 1. The van der Waals surface area contributed by atoms with Crippen molar-refractivity contribution in [3.8, 4) is 0 Å². The van der Waals surface area contributed by atoms with Gasteiger partial charge in [-0.15, -0.1) is 0 Å². The molecule has 0 aliphatic heterocycles. The largest absolute Gasteiger partial charge is 0.385 e. The van der Waals surface area contributed by atoms with E-state index in [1.165, 1.54) is 5.56 Å². The number of hydrogen-bond acceptors (Lipinski definition) is 4. The fourth-order valence-electron chi connectivity index (χ4n) is 1.57.